The van der Waals surface area contributed by atoms with Crippen LogP contribution in [0.3, 0.4) is 0 Å². The zero-order valence-corrected chi connectivity index (χ0v) is 20.9. The summed E-state index contributed by atoms with van der Waals surface area (Å²) in [5, 5.41) is 17.0. The topological polar surface area (TPSA) is 112 Å². The molecular weight excluding hydrogens is 466 g/mol. The van der Waals surface area contributed by atoms with Gasteiger partial charge in [0.1, 0.15) is 29.0 Å². The maximum Gasteiger partial charge on any atom is 0.405 e. The lowest BCUT2D eigenvalue weighted by molar-refractivity contribution is 0.0804. The summed E-state index contributed by atoms with van der Waals surface area (Å²) in [5.74, 6) is 3.72. The first kappa shape index (κ1) is 24.7. The molecule has 0 atom stereocenters. The smallest absolute Gasteiger partial charge is 0.405 e. The second-order valence-corrected chi connectivity index (χ2v) is 10.4. The van der Waals surface area contributed by atoms with Crippen LogP contribution in [0, 0.1) is 17.8 Å². The summed E-state index contributed by atoms with van der Waals surface area (Å²) < 4.78 is 5.53. The number of nitrogens with zero attached hydrogens (tertiary/aromatic N) is 2. The van der Waals surface area contributed by atoms with Crippen LogP contribution in [-0.2, 0) is 0 Å². The van der Waals surface area contributed by atoms with E-state index in [1.807, 2.05) is 24.4 Å². The fraction of sp³-hybridized carbons (Fsp3) is 0.423. The maximum absolute atomic E-state index is 11.5. The van der Waals surface area contributed by atoms with Crippen molar-refractivity contribution < 1.29 is 14.6 Å². The molecule has 184 valence electrons. The molecule has 0 aromatic carbocycles. The van der Waals surface area contributed by atoms with Crippen LogP contribution in [-0.4, -0.2) is 44.3 Å². The van der Waals surface area contributed by atoms with Crippen LogP contribution in [0.5, 0.6) is 5.75 Å². The van der Waals surface area contributed by atoms with E-state index in [0.717, 1.165) is 47.8 Å². The molecule has 0 bridgehead atoms. The lowest BCUT2D eigenvalue weighted by Crippen LogP contribution is -2.59. The number of carbonyl (C=O) groups is 1. The van der Waals surface area contributed by atoms with E-state index in [1.165, 1.54) is 0 Å². The number of rotatable bonds is 6. The highest BCUT2D eigenvalue weighted by atomic mass is 35.5. The standard InChI is InChI=1S/C26H30ClN5O3/c1-5-10-35-18-13-19-20(15-29-23(19)28-14-18)16-11-21(27)31-22(12-16)30-17-6-8-26(9-7-17,25(2,3)4)32-24(33)34/h1,11-15,17,32H,6-10H2,2-4H3,(H,28,29)(H,30,31)(H,33,34). The number of aromatic amines is 1. The average molecular weight is 496 g/mol. The predicted octanol–water partition coefficient (Wildman–Crippen LogP) is 5.70. The first-order valence-corrected chi connectivity index (χ1v) is 12.0. The number of hydrogen-bond donors (Lipinski definition) is 4. The fourth-order valence-electron chi connectivity index (χ4n) is 4.88. The van der Waals surface area contributed by atoms with E-state index in [9.17, 15) is 9.90 Å². The van der Waals surface area contributed by atoms with Gasteiger partial charge in [-0.2, -0.15) is 0 Å². The van der Waals surface area contributed by atoms with Gasteiger partial charge in [-0.1, -0.05) is 38.3 Å². The number of amides is 1. The Kier molecular flexibility index (Phi) is 6.82. The number of terminal acetylenes is 1. The Bertz CT molecular complexity index is 1270. The van der Waals surface area contributed by atoms with Gasteiger partial charge in [-0.25, -0.2) is 14.8 Å². The minimum atomic E-state index is -0.978. The van der Waals surface area contributed by atoms with Crippen LogP contribution >= 0.6 is 11.6 Å². The first-order valence-electron chi connectivity index (χ1n) is 11.6. The summed E-state index contributed by atoms with van der Waals surface area (Å²) in [7, 11) is 0. The molecule has 1 aliphatic rings. The molecule has 1 saturated carbocycles. The quantitative estimate of drug-likeness (QED) is 0.258. The van der Waals surface area contributed by atoms with Crippen molar-refractivity contribution in [3.63, 3.8) is 0 Å². The highest BCUT2D eigenvalue weighted by Crippen LogP contribution is 2.43. The van der Waals surface area contributed by atoms with Crippen LogP contribution in [0.25, 0.3) is 22.2 Å². The molecule has 0 unspecified atom stereocenters. The Morgan fingerprint density at radius 1 is 1.34 bits per heavy atom. The highest BCUT2D eigenvalue weighted by Gasteiger charge is 2.45. The van der Waals surface area contributed by atoms with E-state index in [0.29, 0.717) is 16.7 Å². The van der Waals surface area contributed by atoms with Gasteiger partial charge >= 0.3 is 6.09 Å². The van der Waals surface area contributed by atoms with Crippen LogP contribution in [0.1, 0.15) is 46.5 Å². The molecule has 4 N–H and O–H groups in total. The van der Waals surface area contributed by atoms with Crippen molar-refractivity contribution in [1.29, 1.82) is 0 Å². The Balaban J connectivity index is 1.54. The highest BCUT2D eigenvalue weighted by molar-refractivity contribution is 6.29. The molecular formula is C26H30ClN5O3. The molecule has 1 fully saturated rings. The number of carboxylic acid groups (broad SMARTS) is 1. The van der Waals surface area contributed by atoms with Crippen molar-refractivity contribution in [3.05, 3.63) is 35.7 Å². The molecule has 8 nitrogen and oxygen atoms in total. The van der Waals surface area contributed by atoms with Crippen LogP contribution in [0.15, 0.2) is 30.6 Å². The van der Waals surface area contributed by atoms with Crippen molar-refractivity contribution in [2.45, 2.75) is 58.0 Å². The molecule has 1 amide bonds. The van der Waals surface area contributed by atoms with E-state index in [-0.39, 0.29) is 18.1 Å². The number of halogens is 1. The zero-order valence-electron chi connectivity index (χ0n) is 20.1. The van der Waals surface area contributed by atoms with Gasteiger partial charge in [-0.3, -0.25) is 0 Å². The first-order chi connectivity index (χ1) is 16.6. The maximum atomic E-state index is 11.5. The van der Waals surface area contributed by atoms with E-state index in [4.69, 9.17) is 22.8 Å². The number of fused-ring (bicyclic) bond motifs is 1. The van der Waals surface area contributed by atoms with E-state index in [2.05, 4.69) is 52.3 Å². The van der Waals surface area contributed by atoms with Gasteiger partial charge in [0.05, 0.1) is 6.20 Å². The Labute approximate surface area is 209 Å². The molecule has 3 aromatic rings. The number of hydrogen-bond acceptors (Lipinski definition) is 5. The molecule has 35 heavy (non-hydrogen) atoms. The summed E-state index contributed by atoms with van der Waals surface area (Å²) in [6, 6.07) is 5.83. The SMILES string of the molecule is C#CCOc1cnc2[nH]cc(-c3cc(Cl)nc(NC4CCC(NC(=O)O)(C(C)(C)C)CC4)c3)c2c1. The molecule has 9 heteroatoms. The van der Waals surface area contributed by atoms with Crippen LogP contribution in [0.2, 0.25) is 5.15 Å². The number of anilines is 1. The van der Waals surface area contributed by atoms with Gasteiger partial charge in [-0.05, 0) is 54.9 Å². The molecule has 1 aliphatic carbocycles. The lowest BCUT2D eigenvalue weighted by Gasteiger charge is -2.49. The minimum Gasteiger partial charge on any atom is -0.479 e. The van der Waals surface area contributed by atoms with Crippen molar-refractivity contribution in [1.82, 2.24) is 20.3 Å². The second kappa shape index (κ2) is 9.67. The number of ether oxygens (including phenoxy) is 1. The van der Waals surface area contributed by atoms with E-state index in [1.54, 1.807) is 6.20 Å². The molecule has 3 aromatic heterocycles. The van der Waals surface area contributed by atoms with Crippen molar-refractivity contribution in [3.8, 4) is 29.2 Å². The Morgan fingerprint density at radius 3 is 2.74 bits per heavy atom. The minimum absolute atomic E-state index is 0.160. The van der Waals surface area contributed by atoms with Crippen LogP contribution < -0.4 is 15.4 Å². The molecule has 4 rings (SSSR count). The van der Waals surface area contributed by atoms with Gasteiger partial charge in [0.25, 0.3) is 0 Å². The summed E-state index contributed by atoms with van der Waals surface area (Å²) in [6.07, 6.45) is 10.9. The number of aromatic nitrogens is 3. The van der Waals surface area contributed by atoms with Gasteiger partial charge < -0.3 is 25.5 Å². The van der Waals surface area contributed by atoms with Crippen molar-refractivity contribution in [2.24, 2.45) is 5.41 Å². The summed E-state index contributed by atoms with van der Waals surface area (Å²) >= 11 is 6.40. The van der Waals surface area contributed by atoms with E-state index < -0.39 is 11.6 Å². The van der Waals surface area contributed by atoms with Crippen LogP contribution in [0.4, 0.5) is 10.6 Å². The fourth-order valence-corrected chi connectivity index (χ4v) is 5.09. The zero-order chi connectivity index (χ0) is 25.2. The van der Waals surface area contributed by atoms with Crippen molar-refractivity contribution >= 4 is 34.5 Å². The largest absolute Gasteiger partial charge is 0.479 e. The third-order valence-corrected chi connectivity index (χ3v) is 7.10. The van der Waals surface area contributed by atoms with Gasteiger partial charge in [0.15, 0.2) is 0 Å². The van der Waals surface area contributed by atoms with Crippen molar-refractivity contribution in [2.75, 3.05) is 11.9 Å². The third kappa shape index (κ3) is 5.30. The molecule has 0 spiro atoms. The molecule has 0 radical (unpaired) electrons. The van der Waals surface area contributed by atoms with Gasteiger partial charge in [-0.15, -0.1) is 6.42 Å². The summed E-state index contributed by atoms with van der Waals surface area (Å²) in [5.41, 5.74) is 1.89. The molecule has 0 aliphatic heterocycles. The number of pyridine rings is 2. The third-order valence-electron chi connectivity index (χ3n) is 6.91. The molecule has 3 heterocycles. The Morgan fingerprint density at radius 2 is 2.09 bits per heavy atom. The summed E-state index contributed by atoms with van der Waals surface area (Å²) in [4.78, 5) is 23.5. The normalized spacial score (nSPS) is 20.3. The Hall–Kier alpha value is -3.44. The summed E-state index contributed by atoms with van der Waals surface area (Å²) in [6.45, 7) is 6.42. The average Bonchev–Trinajstić information content (AvgIpc) is 3.21. The predicted molar refractivity (Wildman–Crippen MR) is 138 cm³/mol. The van der Waals surface area contributed by atoms with Gasteiger partial charge in [0, 0.05) is 28.7 Å². The molecule has 0 saturated heterocycles. The second-order valence-electron chi connectivity index (χ2n) is 10.0. The van der Waals surface area contributed by atoms with Gasteiger partial charge in [0.2, 0.25) is 0 Å². The van der Waals surface area contributed by atoms with E-state index >= 15 is 0 Å². The monoisotopic (exact) mass is 495 g/mol. The number of nitrogens with one attached hydrogen (secondary N) is 3. The number of H-pyrrole nitrogens is 1. The lowest BCUT2D eigenvalue weighted by atomic mass is 9.64.